The standard InChI is InChI=1S/C9H10F2N4O/c10-9(11)4-15(5-9)8-13-2-1-6(14-8)3-7(12)16/h1-2H,3-5H2,(H2,12,16). The molecule has 0 saturated carbocycles. The Kier molecular flexibility index (Phi) is 2.45. The van der Waals surface area contributed by atoms with Crippen molar-refractivity contribution in [2.75, 3.05) is 18.0 Å². The van der Waals surface area contributed by atoms with E-state index in [4.69, 9.17) is 5.73 Å². The van der Waals surface area contributed by atoms with Crippen LogP contribution in [0.25, 0.3) is 0 Å². The molecular formula is C9H10F2N4O. The van der Waals surface area contributed by atoms with Gasteiger partial charge in [-0.3, -0.25) is 4.79 Å². The van der Waals surface area contributed by atoms with E-state index in [0.717, 1.165) is 0 Å². The number of amides is 1. The van der Waals surface area contributed by atoms with Crippen molar-refractivity contribution in [3.8, 4) is 0 Å². The Bertz CT molecular complexity index is 416. The third-order valence-corrected chi connectivity index (χ3v) is 2.18. The van der Waals surface area contributed by atoms with Crippen LogP contribution >= 0.6 is 0 Å². The largest absolute Gasteiger partial charge is 0.369 e. The number of carbonyl (C=O) groups excluding carboxylic acids is 1. The summed E-state index contributed by atoms with van der Waals surface area (Å²) in [6, 6.07) is 1.53. The summed E-state index contributed by atoms with van der Waals surface area (Å²) in [5, 5.41) is 0. The number of nitrogens with zero attached hydrogens (tertiary/aromatic N) is 3. The van der Waals surface area contributed by atoms with Crippen LogP contribution in [-0.2, 0) is 11.2 Å². The zero-order chi connectivity index (χ0) is 11.8. The van der Waals surface area contributed by atoms with Gasteiger partial charge in [-0.1, -0.05) is 0 Å². The van der Waals surface area contributed by atoms with E-state index in [9.17, 15) is 13.6 Å². The first-order chi connectivity index (χ1) is 7.46. The fourth-order valence-corrected chi connectivity index (χ4v) is 1.47. The van der Waals surface area contributed by atoms with E-state index in [0.29, 0.717) is 5.69 Å². The van der Waals surface area contributed by atoms with Crippen LogP contribution in [0.5, 0.6) is 0 Å². The minimum atomic E-state index is -2.66. The highest BCUT2D eigenvalue weighted by molar-refractivity contribution is 5.76. The molecule has 1 aromatic rings. The number of anilines is 1. The van der Waals surface area contributed by atoms with E-state index in [1.807, 2.05) is 0 Å². The molecule has 0 aromatic carbocycles. The number of carbonyl (C=O) groups is 1. The smallest absolute Gasteiger partial charge is 0.282 e. The Labute approximate surface area is 90.3 Å². The zero-order valence-corrected chi connectivity index (χ0v) is 8.36. The van der Waals surface area contributed by atoms with Gasteiger partial charge in [0.1, 0.15) is 0 Å². The number of hydrogen-bond donors (Lipinski definition) is 1. The third kappa shape index (κ3) is 2.23. The summed E-state index contributed by atoms with van der Waals surface area (Å²) in [6.45, 7) is -0.764. The van der Waals surface area contributed by atoms with Crippen LogP contribution in [0.3, 0.4) is 0 Å². The van der Waals surface area contributed by atoms with E-state index in [-0.39, 0.29) is 25.5 Å². The Balaban J connectivity index is 2.08. The summed E-state index contributed by atoms with van der Waals surface area (Å²) in [4.78, 5) is 19.9. The molecule has 0 aliphatic carbocycles. The lowest BCUT2D eigenvalue weighted by Gasteiger charge is -2.38. The lowest BCUT2D eigenvalue weighted by Crippen LogP contribution is -2.57. The average Bonchev–Trinajstić information content (AvgIpc) is 2.13. The van der Waals surface area contributed by atoms with E-state index in [1.165, 1.54) is 17.2 Å². The van der Waals surface area contributed by atoms with Crippen LogP contribution in [0.15, 0.2) is 12.3 Å². The van der Waals surface area contributed by atoms with E-state index < -0.39 is 11.8 Å². The number of halogens is 2. The molecule has 2 rings (SSSR count). The minimum absolute atomic E-state index is 0.0141. The number of aromatic nitrogens is 2. The fraction of sp³-hybridized carbons (Fsp3) is 0.444. The zero-order valence-electron chi connectivity index (χ0n) is 8.36. The molecule has 86 valence electrons. The second kappa shape index (κ2) is 3.66. The molecule has 16 heavy (non-hydrogen) atoms. The summed E-state index contributed by atoms with van der Waals surface area (Å²) in [7, 11) is 0. The molecule has 1 aliphatic rings. The van der Waals surface area contributed by atoms with Gasteiger partial charge >= 0.3 is 0 Å². The van der Waals surface area contributed by atoms with Crippen LogP contribution in [0.1, 0.15) is 5.69 Å². The van der Waals surface area contributed by atoms with Gasteiger partial charge in [0, 0.05) is 6.20 Å². The monoisotopic (exact) mass is 228 g/mol. The van der Waals surface area contributed by atoms with Crippen LogP contribution in [0.4, 0.5) is 14.7 Å². The molecule has 0 radical (unpaired) electrons. The Morgan fingerprint density at radius 3 is 2.81 bits per heavy atom. The summed E-state index contributed by atoms with van der Waals surface area (Å²) in [5.41, 5.74) is 5.44. The number of primary amides is 1. The Morgan fingerprint density at radius 1 is 1.56 bits per heavy atom. The van der Waals surface area contributed by atoms with Crippen molar-refractivity contribution < 1.29 is 13.6 Å². The van der Waals surface area contributed by atoms with Crippen LogP contribution < -0.4 is 10.6 Å². The molecule has 1 aromatic heterocycles. The first-order valence-electron chi connectivity index (χ1n) is 4.69. The highest BCUT2D eigenvalue weighted by Crippen LogP contribution is 2.29. The van der Waals surface area contributed by atoms with Gasteiger partial charge in [-0.15, -0.1) is 0 Å². The molecule has 2 N–H and O–H groups in total. The van der Waals surface area contributed by atoms with Gasteiger partial charge in [0.2, 0.25) is 11.9 Å². The van der Waals surface area contributed by atoms with Gasteiger partial charge in [0.15, 0.2) is 0 Å². The van der Waals surface area contributed by atoms with Crippen molar-refractivity contribution in [2.24, 2.45) is 5.73 Å². The number of nitrogens with two attached hydrogens (primary N) is 1. The summed E-state index contributed by atoms with van der Waals surface area (Å²) in [6.07, 6.45) is 1.41. The molecule has 1 aliphatic heterocycles. The molecule has 2 heterocycles. The predicted molar refractivity (Wildman–Crippen MR) is 52.1 cm³/mol. The molecule has 7 heteroatoms. The maximum atomic E-state index is 12.6. The highest BCUT2D eigenvalue weighted by Gasteiger charge is 2.45. The summed E-state index contributed by atoms with van der Waals surface area (Å²) >= 11 is 0. The quantitative estimate of drug-likeness (QED) is 0.787. The van der Waals surface area contributed by atoms with Crippen molar-refractivity contribution in [1.82, 2.24) is 9.97 Å². The van der Waals surface area contributed by atoms with Crippen molar-refractivity contribution in [1.29, 1.82) is 0 Å². The summed E-state index contributed by atoms with van der Waals surface area (Å²) in [5.74, 6) is -2.97. The first kappa shape index (κ1) is 10.7. The number of alkyl halides is 2. The van der Waals surface area contributed by atoms with E-state index >= 15 is 0 Å². The number of hydrogen-bond acceptors (Lipinski definition) is 4. The van der Waals surface area contributed by atoms with Crippen molar-refractivity contribution in [3.63, 3.8) is 0 Å². The SMILES string of the molecule is NC(=O)Cc1ccnc(N2CC(F)(F)C2)n1. The average molecular weight is 228 g/mol. The van der Waals surface area contributed by atoms with Gasteiger partial charge in [-0.2, -0.15) is 0 Å². The second-order valence-electron chi connectivity index (χ2n) is 3.70. The molecule has 1 amide bonds. The van der Waals surface area contributed by atoms with Gasteiger partial charge in [0.25, 0.3) is 5.92 Å². The first-order valence-corrected chi connectivity index (χ1v) is 4.69. The van der Waals surface area contributed by atoms with E-state index in [2.05, 4.69) is 9.97 Å². The summed E-state index contributed by atoms with van der Waals surface area (Å²) < 4.78 is 25.2. The molecule has 1 saturated heterocycles. The molecule has 0 bridgehead atoms. The maximum absolute atomic E-state index is 12.6. The Morgan fingerprint density at radius 2 is 2.25 bits per heavy atom. The van der Waals surface area contributed by atoms with Gasteiger partial charge in [0.05, 0.1) is 25.2 Å². The van der Waals surface area contributed by atoms with Crippen molar-refractivity contribution >= 4 is 11.9 Å². The van der Waals surface area contributed by atoms with Crippen LogP contribution in [0, 0.1) is 0 Å². The molecular weight excluding hydrogens is 218 g/mol. The predicted octanol–water partition coefficient (Wildman–Crippen LogP) is -0.0403. The molecule has 0 unspecified atom stereocenters. The van der Waals surface area contributed by atoms with E-state index in [1.54, 1.807) is 0 Å². The van der Waals surface area contributed by atoms with Crippen LogP contribution in [0.2, 0.25) is 0 Å². The van der Waals surface area contributed by atoms with Crippen molar-refractivity contribution in [3.05, 3.63) is 18.0 Å². The minimum Gasteiger partial charge on any atom is -0.369 e. The molecule has 1 fully saturated rings. The lowest BCUT2D eigenvalue weighted by atomic mass is 10.2. The lowest BCUT2D eigenvalue weighted by molar-refractivity contribution is -0.117. The van der Waals surface area contributed by atoms with Gasteiger partial charge in [-0.05, 0) is 6.07 Å². The second-order valence-corrected chi connectivity index (χ2v) is 3.70. The van der Waals surface area contributed by atoms with Gasteiger partial charge in [-0.25, -0.2) is 18.7 Å². The van der Waals surface area contributed by atoms with Crippen LogP contribution in [-0.4, -0.2) is 34.9 Å². The fourth-order valence-electron chi connectivity index (χ4n) is 1.47. The topological polar surface area (TPSA) is 72.1 Å². The van der Waals surface area contributed by atoms with Crippen molar-refractivity contribution in [2.45, 2.75) is 12.3 Å². The molecule has 5 nitrogen and oxygen atoms in total. The molecule has 0 spiro atoms. The maximum Gasteiger partial charge on any atom is 0.282 e. The molecule has 0 atom stereocenters. The highest BCUT2D eigenvalue weighted by atomic mass is 19.3. The normalized spacial score (nSPS) is 18.0. The third-order valence-electron chi connectivity index (χ3n) is 2.18. The Hall–Kier alpha value is -1.79. The number of rotatable bonds is 3. The van der Waals surface area contributed by atoms with Gasteiger partial charge < -0.3 is 10.6 Å².